The van der Waals surface area contributed by atoms with Gasteiger partial charge < -0.3 is 10.0 Å². The molecule has 1 aliphatic carbocycles. The summed E-state index contributed by atoms with van der Waals surface area (Å²) in [5.74, 6) is -0.462. The summed E-state index contributed by atoms with van der Waals surface area (Å²) in [5.41, 5.74) is 3.52. The summed E-state index contributed by atoms with van der Waals surface area (Å²) in [4.78, 5) is 18.7. The Hall–Kier alpha value is -1.88. The molecule has 1 aromatic heterocycles. The lowest BCUT2D eigenvalue weighted by Crippen LogP contribution is -2.30. The van der Waals surface area contributed by atoms with Gasteiger partial charge in [-0.05, 0) is 30.4 Å². The number of thiazole rings is 1. The van der Waals surface area contributed by atoms with Gasteiger partial charge in [0.05, 0.1) is 5.69 Å². The second-order valence-corrected chi connectivity index (χ2v) is 6.71. The van der Waals surface area contributed by atoms with Crippen molar-refractivity contribution >= 4 is 22.4 Å². The predicted molar refractivity (Wildman–Crippen MR) is 82.2 cm³/mol. The third-order valence-corrected chi connectivity index (χ3v) is 5.32. The predicted octanol–water partition coefficient (Wildman–Crippen LogP) is 3.28. The fraction of sp³-hybridized carbons (Fsp3) is 0.375. The number of carboxylic acids is 1. The molecule has 2 aliphatic rings. The van der Waals surface area contributed by atoms with Crippen LogP contribution in [0, 0.1) is 0 Å². The van der Waals surface area contributed by atoms with E-state index in [1.54, 1.807) is 0 Å². The lowest BCUT2D eigenvalue weighted by Gasteiger charge is -2.28. The first kappa shape index (κ1) is 12.8. The van der Waals surface area contributed by atoms with Gasteiger partial charge in [-0.2, -0.15) is 0 Å². The Morgan fingerprint density at radius 2 is 2.05 bits per heavy atom. The lowest BCUT2D eigenvalue weighted by atomic mass is 10.0. The highest BCUT2D eigenvalue weighted by Crippen LogP contribution is 2.44. The highest BCUT2D eigenvalue weighted by molar-refractivity contribution is 7.17. The Morgan fingerprint density at radius 1 is 1.29 bits per heavy atom. The van der Waals surface area contributed by atoms with Gasteiger partial charge in [0.25, 0.3) is 0 Å². The van der Waals surface area contributed by atoms with E-state index in [-0.39, 0.29) is 0 Å². The van der Waals surface area contributed by atoms with Crippen molar-refractivity contribution in [2.24, 2.45) is 0 Å². The second kappa shape index (κ2) is 4.84. The molecular formula is C16H16N2O2S. The minimum absolute atomic E-state index is 0.373. The molecule has 5 heteroatoms. The summed E-state index contributed by atoms with van der Waals surface area (Å²) in [5, 5.41) is 10.2. The summed E-state index contributed by atoms with van der Waals surface area (Å²) < 4.78 is 0. The van der Waals surface area contributed by atoms with E-state index < -0.39 is 5.97 Å². The topological polar surface area (TPSA) is 53.4 Å². The Bertz CT molecular complexity index is 706. The highest BCUT2D eigenvalue weighted by atomic mass is 32.1. The zero-order chi connectivity index (χ0) is 14.4. The van der Waals surface area contributed by atoms with E-state index in [0.717, 1.165) is 43.2 Å². The Balaban J connectivity index is 1.65. The summed E-state index contributed by atoms with van der Waals surface area (Å²) in [6.45, 7) is 1.74. The van der Waals surface area contributed by atoms with Gasteiger partial charge in [0.1, 0.15) is 4.88 Å². The number of nitrogens with zero attached hydrogens (tertiary/aromatic N) is 2. The number of hydrogen-bond acceptors (Lipinski definition) is 4. The van der Waals surface area contributed by atoms with E-state index in [1.165, 1.54) is 22.5 Å². The molecule has 0 atom stereocenters. The zero-order valence-corrected chi connectivity index (χ0v) is 12.4. The van der Waals surface area contributed by atoms with Crippen molar-refractivity contribution in [2.45, 2.75) is 31.7 Å². The molecule has 1 fully saturated rings. The molecule has 1 aliphatic heterocycles. The van der Waals surface area contributed by atoms with Gasteiger partial charge in [-0.1, -0.05) is 35.6 Å². The molecule has 1 aromatic carbocycles. The summed E-state index contributed by atoms with van der Waals surface area (Å²) in [6, 6.07) is 8.45. The van der Waals surface area contributed by atoms with Crippen LogP contribution in [0.15, 0.2) is 24.3 Å². The number of carbonyl (C=O) groups is 1. The van der Waals surface area contributed by atoms with Crippen LogP contribution in [0.2, 0.25) is 0 Å². The van der Waals surface area contributed by atoms with Gasteiger partial charge in [0.15, 0.2) is 5.13 Å². The van der Waals surface area contributed by atoms with Crippen molar-refractivity contribution < 1.29 is 9.90 Å². The Kier molecular flexibility index (Phi) is 2.96. The van der Waals surface area contributed by atoms with E-state index in [4.69, 9.17) is 0 Å². The van der Waals surface area contributed by atoms with Crippen LogP contribution >= 0.6 is 11.3 Å². The number of hydrogen-bond donors (Lipinski definition) is 1. The van der Waals surface area contributed by atoms with Crippen LogP contribution in [0.3, 0.4) is 0 Å². The molecule has 0 unspecified atom stereocenters. The Labute approximate surface area is 127 Å². The first-order chi connectivity index (χ1) is 10.2. The zero-order valence-electron chi connectivity index (χ0n) is 11.6. The molecule has 21 heavy (non-hydrogen) atoms. The lowest BCUT2D eigenvalue weighted by molar-refractivity contribution is 0.0700. The van der Waals surface area contributed by atoms with E-state index in [1.807, 2.05) is 0 Å². The van der Waals surface area contributed by atoms with Crippen molar-refractivity contribution in [3.05, 3.63) is 46.0 Å². The number of anilines is 1. The van der Waals surface area contributed by atoms with Crippen LogP contribution in [0.4, 0.5) is 5.13 Å². The average Bonchev–Trinajstić information content (AvgIpc) is 3.25. The van der Waals surface area contributed by atoms with Gasteiger partial charge >= 0.3 is 5.97 Å². The van der Waals surface area contributed by atoms with Crippen molar-refractivity contribution in [1.29, 1.82) is 0 Å². The number of aromatic carboxylic acids is 1. The minimum Gasteiger partial charge on any atom is -0.477 e. The van der Waals surface area contributed by atoms with Crippen molar-refractivity contribution in [3.8, 4) is 0 Å². The number of benzene rings is 1. The smallest absolute Gasteiger partial charge is 0.347 e. The number of carboxylic acid groups (broad SMARTS) is 1. The molecule has 0 saturated heterocycles. The molecule has 108 valence electrons. The van der Waals surface area contributed by atoms with Crippen molar-refractivity contribution in [2.75, 3.05) is 11.4 Å². The Morgan fingerprint density at radius 3 is 2.76 bits per heavy atom. The molecule has 4 nitrogen and oxygen atoms in total. The maximum atomic E-state index is 11.4. The van der Waals surface area contributed by atoms with Crippen LogP contribution < -0.4 is 4.90 Å². The minimum atomic E-state index is -0.835. The molecule has 0 spiro atoms. The summed E-state index contributed by atoms with van der Waals surface area (Å²) in [7, 11) is 0. The fourth-order valence-electron chi connectivity index (χ4n) is 2.90. The van der Waals surface area contributed by atoms with Gasteiger partial charge in [-0.25, -0.2) is 9.78 Å². The van der Waals surface area contributed by atoms with Crippen molar-refractivity contribution in [1.82, 2.24) is 4.98 Å². The quantitative estimate of drug-likeness (QED) is 0.945. The first-order valence-electron chi connectivity index (χ1n) is 7.28. The van der Waals surface area contributed by atoms with Crippen LogP contribution in [0.1, 0.15) is 45.3 Å². The van der Waals surface area contributed by atoms with Gasteiger partial charge in [-0.3, -0.25) is 0 Å². The highest BCUT2D eigenvalue weighted by Gasteiger charge is 2.33. The number of aromatic nitrogens is 1. The van der Waals surface area contributed by atoms with E-state index >= 15 is 0 Å². The maximum absolute atomic E-state index is 11.4. The number of fused-ring (bicyclic) bond motifs is 1. The first-order valence-corrected chi connectivity index (χ1v) is 8.10. The van der Waals surface area contributed by atoms with Gasteiger partial charge in [-0.15, -0.1) is 0 Å². The van der Waals surface area contributed by atoms with E-state index in [0.29, 0.717) is 10.8 Å². The maximum Gasteiger partial charge on any atom is 0.347 e. The summed E-state index contributed by atoms with van der Waals surface area (Å²) in [6.07, 6.45) is 3.15. The van der Waals surface area contributed by atoms with Crippen LogP contribution in [-0.4, -0.2) is 22.6 Å². The molecule has 2 heterocycles. The molecule has 1 N–H and O–H groups in total. The third-order valence-electron chi connectivity index (χ3n) is 4.20. The van der Waals surface area contributed by atoms with Gasteiger partial charge in [0.2, 0.25) is 0 Å². The largest absolute Gasteiger partial charge is 0.477 e. The molecule has 4 rings (SSSR count). The summed E-state index contributed by atoms with van der Waals surface area (Å²) >= 11 is 1.33. The molecule has 0 radical (unpaired) electrons. The molecule has 1 saturated carbocycles. The second-order valence-electron chi connectivity index (χ2n) is 5.73. The SMILES string of the molecule is O=C(O)c1sc(N2CCc3ccccc3C2)nc1C1CC1. The third kappa shape index (κ3) is 2.31. The van der Waals surface area contributed by atoms with Crippen LogP contribution in [0.5, 0.6) is 0 Å². The molecule has 2 aromatic rings. The van der Waals surface area contributed by atoms with E-state index in [2.05, 4.69) is 34.1 Å². The molecule has 0 amide bonds. The van der Waals surface area contributed by atoms with Crippen LogP contribution in [-0.2, 0) is 13.0 Å². The van der Waals surface area contributed by atoms with Gasteiger partial charge in [0, 0.05) is 19.0 Å². The molecule has 0 bridgehead atoms. The average molecular weight is 300 g/mol. The standard InChI is InChI=1S/C16H16N2O2S/c19-15(20)14-13(11-5-6-11)17-16(21-14)18-8-7-10-3-1-2-4-12(10)9-18/h1-4,11H,5-9H2,(H,19,20). The van der Waals surface area contributed by atoms with Crippen LogP contribution in [0.25, 0.3) is 0 Å². The molecular weight excluding hydrogens is 284 g/mol. The number of rotatable bonds is 3. The monoisotopic (exact) mass is 300 g/mol. The normalized spacial score (nSPS) is 17.6. The fourth-order valence-corrected chi connectivity index (χ4v) is 3.92. The van der Waals surface area contributed by atoms with E-state index in [9.17, 15) is 9.90 Å². The van der Waals surface area contributed by atoms with Crippen molar-refractivity contribution in [3.63, 3.8) is 0 Å².